The van der Waals surface area contributed by atoms with Crippen molar-refractivity contribution < 1.29 is 9.68 Å². The highest BCUT2D eigenvalue weighted by Crippen LogP contribution is 2.19. The molecule has 0 aliphatic carbocycles. The predicted octanol–water partition coefficient (Wildman–Crippen LogP) is 1.02. The van der Waals surface area contributed by atoms with Gasteiger partial charge in [0.15, 0.2) is 0 Å². The van der Waals surface area contributed by atoms with Gasteiger partial charge in [-0.05, 0) is 28.9 Å². The summed E-state index contributed by atoms with van der Waals surface area (Å²) in [7, 11) is -0.715. The van der Waals surface area contributed by atoms with Crippen LogP contribution >= 0.6 is 11.8 Å². The third kappa shape index (κ3) is 1.75. The second-order valence-corrected chi connectivity index (χ2v) is 4.29. The molecule has 0 saturated heterocycles. The Kier molecular flexibility index (Phi) is 2.62. The highest BCUT2D eigenvalue weighted by atomic mass is 32.2. The Morgan fingerprint density at radius 2 is 2.46 bits per heavy atom. The fourth-order valence-electron chi connectivity index (χ4n) is 1.45. The summed E-state index contributed by atoms with van der Waals surface area (Å²) in [5, 5.41) is 9.44. The molecule has 1 aromatic rings. The van der Waals surface area contributed by atoms with E-state index in [0.717, 1.165) is 16.8 Å². The molecular weight excluding hydrogens is 183 g/mol. The summed E-state index contributed by atoms with van der Waals surface area (Å²) in [6.45, 7) is 2.65. The maximum Gasteiger partial charge on any atom is 0.491 e. The van der Waals surface area contributed by atoms with E-state index in [-0.39, 0.29) is 0 Å². The van der Waals surface area contributed by atoms with Crippen molar-refractivity contribution in [3.8, 4) is 0 Å². The number of benzene rings is 1. The fraction of sp³-hybridized carbons (Fsp3) is 0.333. The van der Waals surface area contributed by atoms with Crippen LogP contribution in [0.1, 0.15) is 12.5 Å². The second-order valence-electron chi connectivity index (χ2n) is 2.96. The number of thioether (sulfide) groups is 1. The van der Waals surface area contributed by atoms with Crippen molar-refractivity contribution in [1.82, 2.24) is 0 Å². The number of fused-ring (bicyclic) bond motifs is 1. The Labute approximate surface area is 82.4 Å². The smallest absolute Gasteiger partial charge is 0.423 e. The summed E-state index contributed by atoms with van der Waals surface area (Å²) in [6.07, 6.45) is 0. The van der Waals surface area contributed by atoms with E-state index in [2.05, 4.69) is 13.0 Å². The second kappa shape index (κ2) is 3.74. The number of hydrogen-bond donors (Lipinski definition) is 1. The van der Waals surface area contributed by atoms with E-state index in [1.807, 2.05) is 12.1 Å². The molecule has 0 fully saturated rings. The fourth-order valence-corrected chi connectivity index (χ4v) is 2.16. The van der Waals surface area contributed by atoms with Crippen LogP contribution < -0.4 is 5.46 Å². The lowest BCUT2D eigenvalue weighted by Crippen LogP contribution is -2.27. The average molecular weight is 194 g/mol. The van der Waals surface area contributed by atoms with Crippen LogP contribution in [0, 0.1) is 0 Å². The van der Waals surface area contributed by atoms with E-state index < -0.39 is 7.12 Å². The van der Waals surface area contributed by atoms with Gasteiger partial charge in [0.1, 0.15) is 0 Å². The largest absolute Gasteiger partial charge is 0.491 e. The molecule has 0 saturated carbocycles. The molecule has 0 unspecified atom stereocenters. The van der Waals surface area contributed by atoms with Crippen molar-refractivity contribution in [2.45, 2.75) is 18.4 Å². The van der Waals surface area contributed by atoms with Crippen molar-refractivity contribution in [3.05, 3.63) is 23.8 Å². The van der Waals surface area contributed by atoms with Crippen LogP contribution in [-0.2, 0) is 11.3 Å². The minimum atomic E-state index is -0.715. The molecule has 1 aromatic carbocycles. The zero-order valence-electron chi connectivity index (χ0n) is 7.49. The molecule has 0 atom stereocenters. The first kappa shape index (κ1) is 9.12. The zero-order chi connectivity index (χ0) is 9.26. The van der Waals surface area contributed by atoms with Crippen LogP contribution in [0.15, 0.2) is 23.1 Å². The Morgan fingerprint density at radius 3 is 3.23 bits per heavy atom. The van der Waals surface area contributed by atoms with E-state index in [1.54, 1.807) is 11.8 Å². The molecule has 0 spiro atoms. The molecule has 0 bridgehead atoms. The normalized spacial score (nSPS) is 14.8. The third-order valence-electron chi connectivity index (χ3n) is 2.09. The van der Waals surface area contributed by atoms with Crippen molar-refractivity contribution in [1.29, 1.82) is 0 Å². The standard InChI is InChI=1S/C9H11BO2S/c1-2-13-8-4-3-7-6-12-10(11)9(7)5-8/h3-5,11H,2,6H2,1H3. The molecule has 0 aromatic heterocycles. The van der Waals surface area contributed by atoms with Gasteiger partial charge < -0.3 is 9.68 Å². The Bertz CT molecular complexity index is 316. The Hall–Kier alpha value is -0.445. The number of rotatable bonds is 2. The average Bonchev–Trinajstić information content (AvgIpc) is 2.49. The molecule has 1 aliphatic heterocycles. The first-order chi connectivity index (χ1) is 6.31. The summed E-state index contributed by atoms with van der Waals surface area (Å²) in [4.78, 5) is 1.20. The Balaban J connectivity index is 2.31. The minimum absolute atomic E-state index is 0.535. The van der Waals surface area contributed by atoms with Gasteiger partial charge >= 0.3 is 7.12 Å². The van der Waals surface area contributed by atoms with Crippen molar-refractivity contribution in [2.75, 3.05) is 5.75 Å². The summed E-state index contributed by atoms with van der Waals surface area (Å²) >= 11 is 1.78. The molecule has 13 heavy (non-hydrogen) atoms. The monoisotopic (exact) mass is 194 g/mol. The lowest BCUT2D eigenvalue weighted by molar-refractivity contribution is 0.275. The molecule has 4 heteroatoms. The molecule has 0 radical (unpaired) electrons. The van der Waals surface area contributed by atoms with Gasteiger partial charge in [0.25, 0.3) is 0 Å². The predicted molar refractivity (Wildman–Crippen MR) is 55.2 cm³/mol. The van der Waals surface area contributed by atoms with Crippen LogP contribution in [0.4, 0.5) is 0 Å². The van der Waals surface area contributed by atoms with Crippen molar-refractivity contribution >= 4 is 24.3 Å². The van der Waals surface area contributed by atoms with Crippen molar-refractivity contribution in [3.63, 3.8) is 0 Å². The van der Waals surface area contributed by atoms with Gasteiger partial charge in [-0.3, -0.25) is 0 Å². The quantitative estimate of drug-likeness (QED) is 0.562. The highest BCUT2D eigenvalue weighted by molar-refractivity contribution is 7.99. The van der Waals surface area contributed by atoms with Gasteiger partial charge in [-0.1, -0.05) is 13.0 Å². The molecule has 1 heterocycles. The molecule has 2 nitrogen and oxygen atoms in total. The van der Waals surface area contributed by atoms with E-state index in [0.29, 0.717) is 6.61 Å². The first-order valence-electron chi connectivity index (χ1n) is 4.36. The maximum absolute atomic E-state index is 9.44. The lowest BCUT2D eigenvalue weighted by Gasteiger charge is -2.01. The molecule has 68 valence electrons. The first-order valence-corrected chi connectivity index (χ1v) is 5.35. The lowest BCUT2D eigenvalue weighted by atomic mass is 9.80. The summed E-state index contributed by atoms with van der Waals surface area (Å²) in [5.41, 5.74) is 2.03. The summed E-state index contributed by atoms with van der Waals surface area (Å²) in [6, 6.07) is 6.12. The van der Waals surface area contributed by atoms with Crippen LogP contribution in [0.3, 0.4) is 0 Å². The van der Waals surface area contributed by atoms with Gasteiger partial charge in [0.2, 0.25) is 0 Å². The van der Waals surface area contributed by atoms with Crippen LogP contribution in [0.2, 0.25) is 0 Å². The van der Waals surface area contributed by atoms with Crippen LogP contribution in [0.25, 0.3) is 0 Å². The van der Waals surface area contributed by atoms with E-state index in [4.69, 9.17) is 4.65 Å². The SMILES string of the molecule is CCSc1ccc2c(c1)B(O)OC2. The van der Waals surface area contributed by atoms with Crippen LogP contribution in [0.5, 0.6) is 0 Å². The number of hydrogen-bond acceptors (Lipinski definition) is 3. The maximum atomic E-state index is 9.44. The molecular formula is C9H11BO2S. The van der Waals surface area contributed by atoms with Gasteiger partial charge in [0.05, 0.1) is 6.61 Å². The Morgan fingerprint density at radius 1 is 1.62 bits per heavy atom. The summed E-state index contributed by atoms with van der Waals surface area (Å²) in [5.74, 6) is 1.05. The van der Waals surface area contributed by atoms with E-state index >= 15 is 0 Å². The minimum Gasteiger partial charge on any atom is -0.423 e. The molecule has 2 rings (SSSR count). The van der Waals surface area contributed by atoms with E-state index in [9.17, 15) is 5.02 Å². The third-order valence-corrected chi connectivity index (χ3v) is 2.97. The van der Waals surface area contributed by atoms with Gasteiger partial charge in [-0.25, -0.2) is 0 Å². The van der Waals surface area contributed by atoms with Gasteiger partial charge in [-0.15, -0.1) is 11.8 Å². The van der Waals surface area contributed by atoms with Gasteiger partial charge in [0, 0.05) is 4.90 Å². The van der Waals surface area contributed by atoms with Crippen LogP contribution in [-0.4, -0.2) is 17.9 Å². The van der Waals surface area contributed by atoms with Gasteiger partial charge in [-0.2, -0.15) is 0 Å². The molecule has 0 amide bonds. The molecule has 1 N–H and O–H groups in total. The molecule has 1 aliphatic rings. The summed E-state index contributed by atoms with van der Waals surface area (Å²) < 4.78 is 5.10. The van der Waals surface area contributed by atoms with Crippen molar-refractivity contribution in [2.24, 2.45) is 0 Å². The zero-order valence-corrected chi connectivity index (χ0v) is 8.30. The highest BCUT2D eigenvalue weighted by Gasteiger charge is 2.26. The van der Waals surface area contributed by atoms with E-state index in [1.165, 1.54) is 4.90 Å². The topological polar surface area (TPSA) is 29.5 Å².